The van der Waals surface area contributed by atoms with Crippen LogP contribution in [0.2, 0.25) is 0 Å². The van der Waals surface area contributed by atoms with Gasteiger partial charge in [-0.15, -0.1) is 0 Å². The van der Waals surface area contributed by atoms with Crippen LogP contribution in [-0.4, -0.2) is 11.9 Å². The lowest BCUT2D eigenvalue weighted by Gasteiger charge is -2.10. The van der Waals surface area contributed by atoms with Crippen molar-refractivity contribution >= 4 is 18.0 Å². The minimum atomic E-state index is -0.660. The van der Waals surface area contributed by atoms with Gasteiger partial charge in [0.05, 0.1) is 11.1 Å². The molecule has 2 aromatic rings. The molecule has 0 aliphatic rings. The van der Waals surface area contributed by atoms with Gasteiger partial charge in [0.15, 0.2) is 0 Å². The van der Waals surface area contributed by atoms with Crippen LogP contribution in [0.25, 0.3) is 6.08 Å². The molecule has 1 atom stereocenters. The molecule has 0 spiro atoms. The predicted octanol–water partition coefficient (Wildman–Crippen LogP) is 4.84. The summed E-state index contributed by atoms with van der Waals surface area (Å²) < 4.78 is 4.98. The van der Waals surface area contributed by atoms with Crippen LogP contribution in [0.1, 0.15) is 58.0 Å². The second kappa shape index (κ2) is 7.54. The van der Waals surface area contributed by atoms with Crippen molar-refractivity contribution in [2.75, 3.05) is 0 Å². The Balaban J connectivity index is 2.15. The lowest BCUT2D eigenvalue weighted by molar-refractivity contribution is 0.0397. The van der Waals surface area contributed by atoms with Crippen molar-refractivity contribution in [1.82, 2.24) is 0 Å². The highest BCUT2D eigenvalue weighted by Crippen LogP contribution is 2.20. The maximum absolute atomic E-state index is 12.2. The lowest BCUT2D eigenvalue weighted by Crippen LogP contribution is -2.13. The Bertz CT molecular complexity index is 731. The quantitative estimate of drug-likeness (QED) is 0.586. The number of benzene rings is 2. The summed E-state index contributed by atoms with van der Waals surface area (Å²) in [5.74, 6) is -0.945. The van der Waals surface area contributed by atoms with Crippen LogP contribution >= 0.6 is 0 Å². The normalized spacial score (nSPS) is 11.6. The molecule has 0 radical (unpaired) electrons. The molecule has 2 rings (SSSR count). The monoisotopic (exact) mass is 308 g/mol. The molecule has 0 N–H and O–H groups in total. The third kappa shape index (κ3) is 4.16. The Morgan fingerprint density at radius 3 is 2.30 bits per heavy atom. The fraction of sp³-hybridized carbons (Fsp3) is 0.200. The van der Waals surface area contributed by atoms with E-state index in [1.54, 1.807) is 42.5 Å². The van der Waals surface area contributed by atoms with Crippen LogP contribution in [0.5, 0.6) is 0 Å². The van der Waals surface area contributed by atoms with Gasteiger partial charge in [0.25, 0.3) is 0 Å². The van der Waals surface area contributed by atoms with E-state index in [4.69, 9.17) is 4.74 Å². The fourth-order valence-electron chi connectivity index (χ4n) is 2.20. The number of ether oxygens (including phenoxy) is 1. The summed E-state index contributed by atoms with van der Waals surface area (Å²) in [4.78, 5) is 24.3. The van der Waals surface area contributed by atoms with E-state index < -0.39 is 11.9 Å². The van der Waals surface area contributed by atoms with E-state index in [-0.39, 0.29) is 0 Å². The number of esters is 2. The molecule has 0 aromatic heterocycles. The summed E-state index contributed by atoms with van der Waals surface area (Å²) in [7, 11) is 0. The molecular formula is C20H20O3. The number of hydrogen-bond donors (Lipinski definition) is 0. The summed E-state index contributed by atoms with van der Waals surface area (Å²) in [5, 5.41) is 0. The highest BCUT2D eigenvalue weighted by atomic mass is 16.6. The zero-order valence-corrected chi connectivity index (χ0v) is 13.4. The minimum absolute atomic E-state index is 0.328. The number of hydrogen-bond acceptors (Lipinski definition) is 3. The van der Waals surface area contributed by atoms with Crippen molar-refractivity contribution in [3.8, 4) is 0 Å². The van der Waals surface area contributed by atoms with Crippen LogP contribution in [0, 0.1) is 0 Å². The summed E-state index contributed by atoms with van der Waals surface area (Å²) in [5.41, 5.74) is 2.57. The molecule has 2 aromatic carbocycles. The summed E-state index contributed by atoms with van der Waals surface area (Å²) in [6.07, 6.45) is 2.61. The van der Waals surface area contributed by atoms with Gasteiger partial charge in [-0.05, 0) is 47.7 Å². The Morgan fingerprint density at radius 1 is 1.09 bits per heavy atom. The van der Waals surface area contributed by atoms with Crippen LogP contribution in [0.3, 0.4) is 0 Å². The molecule has 3 nitrogen and oxygen atoms in total. The molecule has 23 heavy (non-hydrogen) atoms. The average Bonchev–Trinajstić information content (AvgIpc) is 2.61. The number of rotatable bonds is 5. The van der Waals surface area contributed by atoms with Gasteiger partial charge in [-0.25, -0.2) is 9.59 Å². The molecule has 0 aliphatic heterocycles. The first-order valence-electron chi connectivity index (χ1n) is 7.64. The molecule has 0 bridgehead atoms. The molecule has 0 saturated heterocycles. The summed E-state index contributed by atoms with van der Waals surface area (Å²) in [6.45, 7) is 7.84. The molecule has 0 saturated carbocycles. The molecule has 0 amide bonds. The second-order valence-corrected chi connectivity index (χ2v) is 5.44. The van der Waals surface area contributed by atoms with Gasteiger partial charge < -0.3 is 4.74 Å². The first kappa shape index (κ1) is 16.7. The van der Waals surface area contributed by atoms with Crippen molar-refractivity contribution in [3.05, 3.63) is 77.4 Å². The van der Waals surface area contributed by atoms with Gasteiger partial charge in [-0.1, -0.05) is 50.8 Å². The summed E-state index contributed by atoms with van der Waals surface area (Å²) >= 11 is 0. The molecule has 0 aliphatic carbocycles. The average molecular weight is 308 g/mol. The maximum Gasteiger partial charge on any atom is 0.346 e. The maximum atomic E-state index is 12.2. The zero-order chi connectivity index (χ0) is 16.8. The highest BCUT2D eigenvalue weighted by molar-refractivity contribution is 6.02. The van der Waals surface area contributed by atoms with Crippen LogP contribution in [-0.2, 0) is 4.74 Å². The Hall–Kier alpha value is -2.68. The van der Waals surface area contributed by atoms with E-state index >= 15 is 0 Å². The van der Waals surface area contributed by atoms with Gasteiger partial charge in [0.2, 0.25) is 0 Å². The van der Waals surface area contributed by atoms with E-state index in [0.29, 0.717) is 17.0 Å². The van der Waals surface area contributed by atoms with Gasteiger partial charge in [-0.3, -0.25) is 0 Å². The Morgan fingerprint density at radius 2 is 1.70 bits per heavy atom. The second-order valence-electron chi connectivity index (χ2n) is 5.44. The molecule has 0 heterocycles. The van der Waals surface area contributed by atoms with Gasteiger partial charge >= 0.3 is 11.9 Å². The third-order valence-corrected chi connectivity index (χ3v) is 3.85. The molecule has 3 heteroatoms. The number of carbonyl (C=O) groups is 2. The largest absolute Gasteiger partial charge is 0.386 e. The smallest absolute Gasteiger partial charge is 0.346 e. The van der Waals surface area contributed by atoms with Crippen molar-refractivity contribution in [1.29, 1.82) is 0 Å². The Kier molecular flexibility index (Phi) is 5.47. The van der Waals surface area contributed by atoms with Crippen LogP contribution < -0.4 is 0 Å². The zero-order valence-electron chi connectivity index (χ0n) is 13.4. The van der Waals surface area contributed by atoms with Gasteiger partial charge in [0, 0.05) is 0 Å². The minimum Gasteiger partial charge on any atom is -0.386 e. The van der Waals surface area contributed by atoms with Crippen molar-refractivity contribution in [3.63, 3.8) is 0 Å². The SMILES string of the molecule is C=Cc1cccc(C(=O)OC(=O)c2cccc(C(C)CC)c2)c1. The standard InChI is InChI=1S/C20H20O3/c1-4-14(3)16-9-7-11-18(13-16)20(22)23-19(21)17-10-6-8-15(5-2)12-17/h5-14H,2,4H2,1,3H3. The number of carbonyl (C=O) groups excluding carboxylic acids is 2. The van der Waals surface area contributed by atoms with Crippen molar-refractivity contribution < 1.29 is 14.3 Å². The van der Waals surface area contributed by atoms with Crippen LogP contribution in [0.4, 0.5) is 0 Å². The topological polar surface area (TPSA) is 43.4 Å². The van der Waals surface area contributed by atoms with E-state index in [1.165, 1.54) is 0 Å². The molecule has 118 valence electrons. The first-order valence-corrected chi connectivity index (χ1v) is 7.64. The van der Waals surface area contributed by atoms with E-state index in [1.807, 2.05) is 12.1 Å². The van der Waals surface area contributed by atoms with E-state index in [2.05, 4.69) is 20.4 Å². The van der Waals surface area contributed by atoms with Crippen molar-refractivity contribution in [2.45, 2.75) is 26.2 Å². The lowest BCUT2D eigenvalue weighted by atomic mass is 9.97. The van der Waals surface area contributed by atoms with E-state index in [9.17, 15) is 9.59 Å². The molecule has 0 fully saturated rings. The van der Waals surface area contributed by atoms with Gasteiger partial charge in [-0.2, -0.15) is 0 Å². The predicted molar refractivity (Wildman–Crippen MR) is 91.4 cm³/mol. The summed E-state index contributed by atoms with van der Waals surface area (Å²) in [6, 6.07) is 14.0. The van der Waals surface area contributed by atoms with Crippen LogP contribution in [0.15, 0.2) is 55.1 Å². The first-order chi connectivity index (χ1) is 11.0. The Labute approximate surface area is 136 Å². The third-order valence-electron chi connectivity index (χ3n) is 3.85. The van der Waals surface area contributed by atoms with Crippen molar-refractivity contribution in [2.24, 2.45) is 0 Å². The fourth-order valence-corrected chi connectivity index (χ4v) is 2.20. The van der Waals surface area contributed by atoms with E-state index in [0.717, 1.165) is 17.5 Å². The highest BCUT2D eigenvalue weighted by Gasteiger charge is 2.16. The van der Waals surface area contributed by atoms with Gasteiger partial charge in [0.1, 0.15) is 0 Å². The molecular weight excluding hydrogens is 288 g/mol. The molecule has 1 unspecified atom stereocenters.